The van der Waals surface area contributed by atoms with Gasteiger partial charge in [0.2, 0.25) is 10.0 Å². The van der Waals surface area contributed by atoms with E-state index in [1.807, 2.05) is 0 Å². The highest BCUT2D eigenvalue weighted by molar-refractivity contribution is 7.88. The SMILES string of the molecule is CC(C)[C@@H]1CCCCN1S(C)(=O)=O. The predicted molar refractivity (Wildman–Crippen MR) is 54.0 cm³/mol. The molecule has 1 aliphatic rings. The smallest absolute Gasteiger partial charge is 0.211 e. The Morgan fingerprint density at radius 3 is 2.31 bits per heavy atom. The molecule has 13 heavy (non-hydrogen) atoms. The first kappa shape index (κ1) is 11.0. The first-order valence-corrected chi connectivity index (χ1v) is 6.74. The number of piperidine rings is 1. The molecule has 0 aromatic rings. The quantitative estimate of drug-likeness (QED) is 0.684. The standard InChI is InChI=1S/C9H19NO2S/c1-8(2)9-6-4-5-7-10(9)13(3,11)12/h8-9H,4-7H2,1-3H3/t9-/m0/s1. The van der Waals surface area contributed by atoms with Gasteiger partial charge in [-0.25, -0.2) is 8.42 Å². The van der Waals surface area contributed by atoms with Gasteiger partial charge in [-0.2, -0.15) is 4.31 Å². The van der Waals surface area contributed by atoms with E-state index in [4.69, 9.17) is 0 Å². The summed E-state index contributed by atoms with van der Waals surface area (Å²) in [7, 11) is -2.99. The Labute approximate surface area is 81.2 Å². The zero-order chi connectivity index (χ0) is 10.1. The van der Waals surface area contributed by atoms with Crippen molar-refractivity contribution >= 4 is 10.0 Å². The molecule has 0 aliphatic carbocycles. The maximum Gasteiger partial charge on any atom is 0.211 e. The molecule has 0 amide bonds. The highest BCUT2D eigenvalue weighted by atomic mass is 32.2. The van der Waals surface area contributed by atoms with Crippen LogP contribution in [0.25, 0.3) is 0 Å². The average Bonchev–Trinajstić information content (AvgIpc) is 2.03. The Hall–Kier alpha value is -0.0900. The van der Waals surface area contributed by atoms with Gasteiger partial charge in [-0.3, -0.25) is 0 Å². The van der Waals surface area contributed by atoms with Crippen LogP contribution in [0.15, 0.2) is 0 Å². The van der Waals surface area contributed by atoms with Gasteiger partial charge in [0.25, 0.3) is 0 Å². The van der Waals surface area contributed by atoms with Crippen LogP contribution in [0.4, 0.5) is 0 Å². The van der Waals surface area contributed by atoms with E-state index in [0.29, 0.717) is 12.5 Å². The molecule has 0 unspecified atom stereocenters. The third-order valence-corrected chi connectivity index (χ3v) is 4.00. The van der Waals surface area contributed by atoms with Crippen LogP contribution in [-0.4, -0.2) is 31.6 Å². The molecule has 1 saturated heterocycles. The molecule has 1 fully saturated rings. The van der Waals surface area contributed by atoms with Crippen molar-refractivity contribution in [3.8, 4) is 0 Å². The molecule has 0 spiro atoms. The third-order valence-electron chi connectivity index (χ3n) is 2.69. The van der Waals surface area contributed by atoms with Gasteiger partial charge >= 0.3 is 0 Å². The normalized spacial score (nSPS) is 26.6. The fourth-order valence-electron chi connectivity index (χ4n) is 2.01. The summed E-state index contributed by atoms with van der Waals surface area (Å²) in [5, 5.41) is 0. The van der Waals surface area contributed by atoms with E-state index in [-0.39, 0.29) is 6.04 Å². The molecule has 0 radical (unpaired) electrons. The Morgan fingerprint density at radius 1 is 1.31 bits per heavy atom. The van der Waals surface area contributed by atoms with Crippen molar-refractivity contribution in [3.05, 3.63) is 0 Å². The van der Waals surface area contributed by atoms with Crippen molar-refractivity contribution in [2.75, 3.05) is 12.8 Å². The number of rotatable bonds is 2. The largest absolute Gasteiger partial charge is 0.212 e. The van der Waals surface area contributed by atoms with Crippen LogP contribution in [0.2, 0.25) is 0 Å². The second-order valence-corrected chi connectivity index (χ2v) is 6.12. The van der Waals surface area contributed by atoms with Gasteiger partial charge in [0.15, 0.2) is 0 Å². The molecule has 78 valence electrons. The highest BCUT2D eigenvalue weighted by Gasteiger charge is 2.30. The predicted octanol–water partition coefficient (Wildman–Crippen LogP) is 1.46. The summed E-state index contributed by atoms with van der Waals surface area (Å²) in [6, 6.07) is 0.226. The Kier molecular flexibility index (Phi) is 3.35. The molecule has 1 atom stereocenters. The van der Waals surface area contributed by atoms with Crippen LogP contribution in [-0.2, 0) is 10.0 Å². The molecule has 4 heteroatoms. The summed E-state index contributed by atoms with van der Waals surface area (Å²) >= 11 is 0. The van der Waals surface area contributed by atoms with E-state index >= 15 is 0 Å². The maximum atomic E-state index is 11.4. The van der Waals surface area contributed by atoms with Gasteiger partial charge in [-0.1, -0.05) is 20.3 Å². The van der Waals surface area contributed by atoms with Crippen molar-refractivity contribution in [2.24, 2.45) is 5.92 Å². The molecule has 1 heterocycles. The van der Waals surface area contributed by atoms with Gasteiger partial charge in [0.1, 0.15) is 0 Å². The molecule has 1 rings (SSSR count). The molecule has 0 N–H and O–H groups in total. The Morgan fingerprint density at radius 2 is 1.92 bits per heavy atom. The molecular weight excluding hydrogens is 186 g/mol. The summed E-state index contributed by atoms with van der Waals surface area (Å²) in [6.07, 6.45) is 4.50. The summed E-state index contributed by atoms with van der Waals surface area (Å²) in [6.45, 7) is 4.89. The number of nitrogens with zero attached hydrogens (tertiary/aromatic N) is 1. The summed E-state index contributed by atoms with van der Waals surface area (Å²) < 4.78 is 24.5. The van der Waals surface area contributed by atoms with Crippen LogP contribution in [0.1, 0.15) is 33.1 Å². The molecule has 3 nitrogen and oxygen atoms in total. The molecule has 1 aliphatic heterocycles. The van der Waals surface area contributed by atoms with E-state index in [1.54, 1.807) is 4.31 Å². The molecule has 0 saturated carbocycles. The topological polar surface area (TPSA) is 37.4 Å². The van der Waals surface area contributed by atoms with Gasteiger partial charge < -0.3 is 0 Å². The van der Waals surface area contributed by atoms with E-state index in [9.17, 15) is 8.42 Å². The number of hydrogen-bond acceptors (Lipinski definition) is 2. The first-order chi connectivity index (χ1) is 5.93. The lowest BCUT2D eigenvalue weighted by molar-refractivity contribution is 0.204. The van der Waals surface area contributed by atoms with E-state index in [2.05, 4.69) is 13.8 Å². The third kappa shape index (κ3) is 2.68. The van der Waals surface area contributed by atoms with E-state index in [0.717, 1.165) is 19.3 Å². The molecular formula is C9H19NO2S. The van der Waals surface area contributed by atoms with E-state index in [1.165, 1.54) is 6.26 Å². The van der Waals surface area contributed by atoms with Gasteiger partial charge in [-0.15, -0.1) is 0 Å². The zero-order valence-electron chi connectivity index (χ0n) is 8.66. The first-order valence-electron chi connectivity index (χ1n) is 4.89. The minimum Gasteiger partial charge on any atom is -0.212 e. The fourth-order valence-corrected chi connectivity index (χ4v) is 3.31. The van der Waals surface area contributed by atoms with Crippen LogP contribution < -0.4 is 0 Å². The number of sulfonamides is 1. The van der Waals surface area contributed by atoms with Crippen molar-refractivity contribution in [2.45, 2.75) is 39.2 Å². The van der Waals surface area contributed by atoms with Crippen molar-refractivity contribution < 1.29 is 8.42 Å². The lowest BCUT2D eigenvalue weighted by Gasteiger charge is -2.36. The second kappa shape index (κ2) is 3.96. The van der Waals surface area contributed by atoms with Gasteiger partial charge in [0.05, 0.1) is 6.26 Å². The summed E-state index contributed by atoms with van der Waals surface area (Å²) in [5.41, 5.74) is 0. The van der Waals surface area contributed by atoms with Crippen molar-refractivity contribution in [1.82, 2.24) is 4.31 Å². The fraction of sp³-hybridized carbons (Fsp3) is 1.00. The van der Waals surface area contributed by atoms with E-state index < -0.39 is 10.0 Å². The summed E-state index contributed by atoms with van der Waals surface area (Å²) in [5.74, 6) is 0.426. The van der Waals surface area contributed by atoms with Gasteiger partial charge in [-0.05, 0) is 18.8 Å². The van der Waals surface area contributed by atoms with Crippen LogP contribution >= 0.6 is 0 Å². The Bertz CT molecular complexity index is 259. The van der Waals surface area contributed by atoms with Crippen LogP contribution in [0.5, 0.6) is 0 Å². The van der Waals surface area contributed by atoms with Crippen molar-refractivity contribution in [1.29, 1.82) is 0 Å². The lowest BCUT2D eigenvalue weighted by Crippen LogP contribution is -2.45. The monoisotopic (exact) mass is 205 g/mol. The number of hydrogen-bond donors (Lipinski definition) is 0. The molecule has 0 bridgehead atoms. The van der Waals surface area contributed by atoms with Crippen LogP contribution in [0.3, 0.4) is 0 Å². The molecule has 0 aromatic carbocycles. The zero-order valence-corrected chi connectivity index (χ0v) is 9.47. The summed E-state index contributed by atoms with van der Waals surface area (Å²) in [4.78, 5) is 0. The van der Waals surface area contributed by atoms with Crippen molar-refractivity contribution in [3.63, 3.8) is 0 Å². The minimum absolute atomic E-state index is 0.226. The minimum atomic E-state index is -2.99. The van der Waals surface area contributed by atoms with Gasteiger partial charge in [0, 0.05) is 12.6 Å². The lowest BCUT2D eigenvalue weighted by atomic mass is 9.95. The maximum absolute atomic E-state index is 11.4. The average molecular weight is 205 g/mol. The van der Waals surface area contributed by atoms with Crippen LogP contribution in [0, 0.1) is 5.92 Å². The highest BCUT2D eigenvalue weighted by Crippen LogP contribution is 2.24. The molecule has 0 aromatic heterocycles. The Balaban J connectivity index is 2.80. The second-order valence-electron chi connectivity index (χ2n) is 4.18.